The zero-order chi connectivity index (χ0) is 24.9. The van der Waals surface area contributed by atoms with Crippen molar-refractivity contribution in [2.24, 2.45) is 5.10 Å². The van der Waals surface area contributed by atoms with Crippen LogP contribution in [0.1, 0.15) is 23.9 Å². The monoisotopic (exact) mass is 596 g/mol. The fourth-order valence-electron chi connectivity index (χ4n) is 3.42. The van der Waals surface area contributed by atoms with E-state index in [1.807, 2.05) is 50.2 Å². The third-order valence-electron chi connectivity index (χ3n) is 5.25. The molecular formula is C26H22Br2N4O3. The summed E-state index contributed by atoms with van der Waals surface area (Å²) < 4.78 is 8.46. The molecule has 7 nitrogen and oxygen atoms in total. The molecule has 0 radical (unpaired) electrons. The molecule has 0 aliphatic rings. The molecular weight excluding hydrogens is 576 g/mol. The Labute approximate surface area is 219 Å². The summed E-state index contributed by atoms with van der Waals surface area (Å²) in [5, 5.41) is 7.73. The first kappa shape index (κ1) is 24.8. The van der Waals surface area contributed by atoms with E-state index in [0.717, 1.165) is 21.3 Å². The highest BCUT2D eigenvalue weighted by atomic mass is 79.9. The molecule has 0 atom stereocenters. The standard InChI is InChI=1S/C26H22Br2N4O3/c1-3-24-30-22-10-9-18(27)13-19(22)26(34)32(24)29-14-17-8-11-23(20(28)12-17)35-15-25(33)31-21-7-5-4-6-16(21)2/h4-14H,3,15H2,1-2H3,(H,31,33). The smallest absolute Gasteiger partial charge is 0.282 e. The molecule has 1 heterocycles. The van der Waals surface area contributed by atoms with E-state index in [1.165, 1.54) is 4.68 Å². The lowest BCUT2D eigenvalue weighted by Crippen LogP contribution is -2.22. The number of halogens is 2. The van der Waals surface area contributed by atoms with Crippen LogP contribution in [0.25, 0.3) is 10.9 Å². The lowest BCUT2D eigenvalue weighted by atomic mass is 10.2. The number of para-hydroxylation sites is 1. The van der Waals surface area contributed by atoms with Crippen molar-refractivity contribution in [1.82, 2.24) is 9.66 Å². The molecule has 4 rings (SSSR count). The maximum atomic E-state index is 13.0. The first-order valence-electron chi connectivity index (χ1n) is 10.9. The van der Waals surface area contributed by atoms with Gasteiger partial charge in [-0.2, -0.15) is 9.78 Å². The second kappa shape index (κ2) is 11.0. The number of benzene rings is 3. The van der Waals surface area contributed by atoms with Gasteiger partial charge in [0.25, 0.3) is 11.5 Å². The summed E-state index contributed by atoms with van der Waals surface area (Å²) in [7, 11) is 0. The first-order chi connectivity index (χ1) is 16.9. The second-order valence-corrected chi connectivity index (χ2v) is 9.52. The highest BCUT2D eigenvalue weighted by molar-refractivity contribution is 9.10. The fourth-order valence-corrected chi connectivity index (χ4v) is 4.30. The van der Waals surface area contributed by atoms with Gasteiger partial charge in [-0.25, -0.2) is 4.98 Å². The topological polar surface area (TPSA) is 85.6 Å². The average molecular weight is 598 g/mol. The van der Waals surface area contributed by atoms with Crippen molar-refractivity contribution in [3.8, 4) is 5.75 Å². The van der Waals surface area contributed by atoms with Gasteiger partial charge in [-0.05, 0) is 76.4 Å². The van der Waals surface area contributed by atoms with E-state index in [1.54, 1.807) is 30.5 Å². The van der Waals surface area contributed by atoms with E-state index >= 15 is 0 Å². The summed E-state index contributed by atoms with van der Waals surface area (Å²) >= 11 is 6.88. The third-order valence-corrected chi connectivity index (χ3v) is 6.36. The average Bonchev–Trinajstić information content (AvgIpc) is 2.84. The van der Waals surface area contributed by atoms with Crippen molar-refractivity contribution >= 4 is 60.6 Å². The van der Waals surface area contributed by atoms with Gasteiger partial charge in [-0.3, -0.25) is 9.59 Å². The molecule has 0 aliphatic heterocycles. The number of hydrogen-bond acceptors (Lipinski definition) is 5. The molecule has 3 aromatic carbocycles. The predicted molar refractivity (Wildman–Crippen MR) is 146 cm³/mol. The summed E-state index contributed by atoms with van der Waals surface area (Å²) in [5.74, 6) is 0.837. The van der Waals surface area contributed by atoms with Crippen molar-refractivity contribution < 1.29 is 9.53 Å². The molecule has 35 heavy (non-hydrogen) atoms. The molecule has 0 saturated carbocycles. The molecule has 0 fully saturated rings. The molecule has 0 unspecified atom stereocenters. The van der Waals surface area contributed by atoms with Gasteiger partial charge in [0.1, 0.15) is 11.6 Å². The van der Waals surface area contributed by atoms with Gasteiger partial charge in [0, 0.05) is 16.6 Å². The fraction of sp³-hybridized carbons (Fsp3) is 0.154. The molecule has 0 spiro atoms. The van der Waals surface area contributed by atoms with Crippen LogP contribution in [0.2, 0.25) is 0 Å². The summed E-state index contributed by atoms with van der Waals surface area (Å²) in [6, 6.07) is 18.3. The van der Waals surface area contributed by atoms with Crippen LogP contribution in [0.15, 0.2) is 79.5 Å². The van der Waals surface area contributed by atoms with Crippen molar-refractivity contribution in [3.05, 3.63) is 96.9 Å². The van der Waals surface area contributed by atoms with Crippen LogP contribution in [0.5, 0.6) is 5.75 Å². The Hall–Kier alpha value is -3.30. The molecule has 4 aromatic rings. The molecule has 1 aromatic heterocycles. The minimum Gasteiger partial charge on any atom is -0.483 e. The largest absolute Gasteiger partial charge is 0.483 e. The number of carbonyl (C=O) groups is 1. The molecule has 0 bridgehead atoms. The SMILES string of the molecule is CCc1nc2ccc(Br)cc2c(=O)n1N=Cc1ccc(OCC(=O)Nc2ccccc2C)c(Br)c1. The predicted octanol–water partition coefficient (Wildman–Crippen LogP) is 5.69. The number of aromatic nitrogens is 2. The number of hydrogen-bond donors (Lipinski definition) is 1. The van der Waals surface area contributed by atoms with Gasteiger partial charge < -0.3 is 10.1 Å². The number of amides is 1. The number of nitrogens with one attached hydrogen (secondary N) is 1. The zero-order valence-corrected chi connectivity index (χ0v) is 22.3. The maximum absolute atomic E-state index is 13.0. The second-order valence-electron chi connectivity index (χ2n) is 7.75. The molecule has 1 N–H and O–H groups in total. The van der Waals surface area contributed by atoms with Crippen molar-refractivity contribution in [3.63, 3.8) is 0 Å². The van der Waals surface area contributed by atoms with Gasteiger partial charge in [0.05, 0.1) is 21.6 Å². The van der Waals surface area contributed by atoms with E-state index in [2.05, 4.69) is 47.3 Å². The summed E-state index contributed by atoms with van der Waals surface area (Å²) in [4.78, 5) is 29.9. The lowest BCUT2D eigenvalue weighted by Gasteiger charge is -2.11. The van der Waals surface area contributed by atoms with Crippen LogP contribution >= 0.6 is 31.9 Å². The minimum atomic E-state index is -0.251. The quantitative estimate of drug-likeness (QED) is 0.277. The Morgan fingerprint density at radius 3 is 2.69 bits per heavy atom. The Morgan fingerprint density at radius 1 is 1.14 bits per heavy atom. The normalized spacial score (nSPS) is 11.2. The maximum Gasteiger partial charge on any atom is 0.282 e. The van der Waals surface area contributed by atoms with Gasteiger partial charge >= 0.3 is 0 Å². The van der Waals surface area contributed by atoms with E-state index in [4.69, 9.17) is 4.74 Å². The zero-order valence-electron chi connectivity index (χ0n) is 19.1. The number of ether oxygens (including phenoxy) is 1. The summed E-state index contributed by atoms with van der Waals surface area (Å²) in [6.07, 6.45) is 2.14. The van der Waals surface area contributed by atoms with Crippen LogP contribution in [-0.2, 0) is 11.2 Å². The van der Waals surface area contributed by atoms with Crippen LogP contribution in [0, 0.1) is 6.92 Å². The Balaban J connectivity index is 1.49. The Morgan fingerprint density at radius 2 is 1.94 bits per heavy atom. The van der Waals surface area contributed by atoms with Crippen LogP contribution < -0.4 is 15.6 Å². The number of fused-ring (bicyclic) bond motifs is 1. The number of aryl methyl sites for hydroxylation is 2. The Kier molecular flexibility index (Phi) is 7.77. The van der Waals surface area contributed by atoms with Crippen molar-refractivity contribution in [1.29, 1.82) is 0 Å². The van der Waals surface area contributed by atoms with Crippen LogP contribution in [0.4, 0.5) is 5.69 Å². The van der Waals surface area contributed by atoms with Gasteiger partial charge in [0.15, 0.2) is 6.61 Å². The number of anilines is 1. The highest BCUT2D eigenvalue weighted by Gasteiger charge is 2.11. The number of carbonyl (C=O) groups excluding carboxylic acids is 1. The first-order valence-corrected chi connectivity index (χ1v) is 12.5. The molecule has 0 aliphatic carbocycles. The number of rotatable bonds is 7. The molecule has 178 valence electrons. The van der Waals surface area contributed by atoms with Gasteiger partial charge in [0.2, 0.25) is 0 Å². The number of nitrogens with zero attached hydrogens (tertiary/aromatic N) is 3. The highest BCUT2D eigenvalue weighted by Crippen LogP contribution is 2.26. The lowest BCUT2D eigenvalue weighted by molar-refractivity contribution is -0.118. The van der Waals surface area contributed by atoms with Crippen molar-refractivity contribution in [2.75, 3.05) is 11.9 Å². The van der Waals surface area contributed by atoms with E-state index in [9.17, 15) is 9.59 Å². The Bertz CT molecular complexity index is 1500. The third kappa shape index (κ3) is 5.86. The van der Waals surface area contributed by atoms with Crippen molar-refractivity contribution in [2.45, 2.75) is 20.3 Å². The van der Waals surface area contributed by atoms with Gasteiger partial charge in [-0.15, -0.1) is 0 Å². The molecule has 0 saturated heterocycles. The summed E-state index contributed by atoms with van der Waals surface area (Å²) in [5.41, 5.74) is 2.88. The van der Waals surface area contributed by atoms with E-state index in [-0.39, 0.29) is 18.1 Å². The molecule has 1 amide bonds. The van der Waals surface area contributed by atoms with E-state index < -0.39 is 0 Å². The van der Waals surface area contributed by atoms with E-state index in [0.29, 0.717) is 33.4 Å². The molecule has 9 heteroatoms. The van der Waals surface area contributed by atoms with Gasteiger partial charge in [-0.1, -0.05) is 41.1 Å². The summed E-state index contributed by atoms with van der Waals surface area (Å²) in [6.45, 7) is 3.72. The van der Waals surface area contributed by atoms with Crippen LogP contribution in [0.3, 0.4) is 0 Å². The minimum absolute atomic E-state index is 0.131. The van der Waals surface area contributed by atoms with Crippen LogP contribution in [-0.4, -0.2) is 28.4 Å².